The molecule has 1 N–H and O–H groups in total. The number of pyridine rings is 1. The number of carbonyl (C=O) groups is 1. The van der Waals surface area contributed by atoms with Crippen LogP contribution in [0.4, 0.5) is 0 Å². The van der Waals surface area contributed by atoms with Crippen LogP contribution in [0.5, 0.6) is 0 Å². The van der Waals surface area contributed by atoms with Crippen molar-refractivity contribution in [2.45, 2.75) is 40.0 Å². The van der Waals surface area contributed by atoms with Gasteiger partial charge < -0.3 is 5.11 Å². The third-order valence-corrected chi connectivity index (χ3v) is 3.87. The zero-order chi connectivity index (χ0) is 14.2. The number of nitrogens with zero attached hydrogens (tertiary/aromatic N) is 1. The predicted octanol–water partition coefficient (Wildman–Crippen LogP) is 4.06. The first-order valence-electron chi connectivity index (χ1n) is 6.59. The highest BCUT2D eigenvalue weighted by atomic mass is 16.4. The first-order valence-corrected chi connectivity index (χ1v) is 6.59. The molecule has 0 spiro atoms. The highest BCUT2D eigenvalue weighted by Gasteiger charge is 2.16. The molecule has 1 atom stereocenters. The lowest BCUT2D eigenvalue weighted by molar-refractivity contribution is 0.0699. The van der Waals surface area contributed by atoms with Gasteiger partial charge in [-0.1, -0.05) is 26.0 Å². The van der Waals surface area contributed by atoms with Gasteiger partial charge in [-0.15, -0.1) is 0 Å². The van der Waals surface area contributed by atoms with Gasteiger partial charge in [0.05, 0.1) is 11.1 Å². The maximum Gasteiger partial charge on any atom is 0.336 e. The summed E-state index contributed by atoms with van der Waals surface area (Å²) in [5.74, 6) is -0.623. The summed E-state index contributed by atoms with van der Waals surface area (Å²) < 4.78 is 0. The Bertz CT molecular complexity index is 647. The van der Waals surface area contributed by atoms with Crippen LogP contribution < -0.4 is 0 Å². The molecule has 1 heterocycles. The van der Waals surface area contributed by atoms with Crippen molar-refractivity contribution in [2.24, 2.45) is 0 Å². The molecule has 0 aliphatic heterocycles. The Labute approximate surface area is 113 Å². The van der Waals surface area contributed by atoms with Gasteiger partial charge in [-0.3, -0.25) is 4.98 Å². The quantitative estimate of drug-likeness (QED) is 0.902. The minimum atomic E-state index is -0.889. The fourth-order valence-corrected chi connectivity index (χ4v) is 2.19. The maximum atomic E-state index is 11.4. The molecule has 0 aliphatic carbocycles. The number of aromatic carboxylic acids is 1. The molecule has 3 nitrogen and oxygen atoms in total. The van der Waals surface area contributed by atoms with Crippen LogP contribution in [0.2, 0.25) is 0 Å². The predicted molar refractivity (Wildman–Crippen MR) is 76.9 cm³/mol. The van der Waals surface area contributed by atoms with Crippen molar-refractivity contribution >= 4 is 16.9 Å². The number of carboxylic acid groups (broad SMARTS) is 1. The molecular formula is C16H19NO2. The second-order valence-electron chi connectivity index (χ2n) is 5.11. The van der Waals surface area contributed by atoms with E-state index in [1.54, 1.807) is 6.07 Å². The summed E-state index contributed by atoms with van der Waals surface area (Å²) in [4.78, 5) is 16.1. The Hall–Kier alpha value is -1.90. The molecule has 2 rings (SSSR count). The Morgan fingerprint density at radius 3 is 2.63 bits per heavy atom. The summed E-state index contributed by atoms with van der Waals surface area (Å²) >= 11 is 0. The lowest BCUT2D eigenvalue weighted by Crippen LogP contribution is -2.05. The summed E-state index contributed by atoms with van der Waals surface area (Å²) in [6.07, 6.45) is 0.947. The molecule has 0 saturated carbocycles. The molecule has 0 aliphatic rings. The molecule has 19 heavy (non-hydrogen) atoms. The third-order valence-electron chi connectivity index (χ3n) is 3.87. The topological polar surface area (TPSA) is 50.2 Å². The van der Waals surface area contributed by atoms with Crippen molar-refractivity contribution in [2.75, 3.05) is 0 Å². The minimum Gasteiger partial charge on any atom is -0.478 e. The van der Waals surface area contributed by atoms with E-state index < -0.39 is 5.97 Å². The Morgan fingerprint density at radius 1 is 1.37 bits per heavy atom. The van der Waals surface area contributed by atoms with E-state index in [1.807, 2.05) is 26.0 Å². The van der Waals surface area contributed by atoms with Crippen molar-refractivity contribution in [1.82, 2.24) is 4.98 Å². The van der Waals surface area contributed by atoms with Crippen LogP contribution in [0.3, 0.4) is 0 Å². The zero-order valence-electron chi connectivity index (χ0n) is 11.8. The smallest absolute Gasteiger partial charge is 0.336 e. The second kappa shape index (κ2) is 5.00. The number of aromatic nitrogens is 1. The van der Waals surface area contributed by atoms with Gasteiger partial charge in [0.15, 0.2) is 0 Å². The maximum absolute atomic E-state index is 11.4. The molecular weight excluding hydrogens is 238 g/mol. The van der Waals surface area contributed by atoms with E-state index in [2.05, 4.69) is 18.8 Å². The van der Waals surface area contributed by atoms with Crippen LogP contribution in [0, 0.1) is 13.8 Å². The number of carboxylic acids is 1. The fourth-order valence-electron chi connectivity index (χ4n) is 2.19. The summed E-state index contributed by atoms with van der Waals surface area (Å²) in [7, 11) is 0. The van der Waals surface area contributed by atoms with Gasteiger partial charge >= 0.3 is 5.97 Å². The van der Waals surface area contributed by atoms with Gasteiger partial charge in [0.1, 0.15) is 0 Å². The van der Waals surface area contributed by atoms with Crippen LogP contribution >= 0.6 is 0 Å². The zero-order valence-corrected chi connectivity index (χ0v) is 11.8. The lowest BCUT2D eigenvalue weighted by atomic mass is 9.97. The number of hydrogen-bond donors (Lipinski definition) is 1. The van der Waals surface area contributed by atoms with Crippen molar-refractivity contribution in [3.8, 4) is 0 Å². The monoisotopic (exact) mass is 257 g/mol. The van der Waals surface area contributed by atoms with Gasteiger partial charge in [-0.05, 0) is 43.4 Å². The molecule has 2 aromatic rings. The highest BCUT2D eigenvalue weighted by Crippen LogP contribution is 2.27. The van der Waals surface area contributed by atoms with Crippen molar-refractivity contribution in [1.29, 1.82) is 0 Å². The molecule has 1 aromatic heterocycles. The molecule has 0 bridgehead atoms. The lowest BCUT2D eigenvalue weighted by Gasteiger charge is -2.13. The summed E-state index contributed by atoms with van der Waals surface area (Å²) in [6.45, 7) is 8.18. The summed E-state index contributed by atoms with van der Waals surface area (Å²) in [5, 5.41) is 10.1. The van der Waals surface area contributed by atoms with Gasteiger partial charge in [-0.25, -0.2) is 4.79 Å². The Kier molecular flexibility index (Phi) is 3.56. The molecule has 0 fully saturated rings. The molecule has 100 valence electrons. The van der Waals surface area contributed by atoms with E-state index in [0.29, 0.717) is 5.56 Å². The van der Waals surface area contributed by atoms with Crippen molar-refractivity contribution < 1.29 is 9.90 Å². The average molecular weight is 257 g/mol. The SMILES string of the molecule is CCC(C)c1cc(C(=O)O)c2ccc(C)c(C)c2n1. The van der Waals surface area contributed by atoms with E-state index in [0.717, 1.165) is 34.1 Å². The van der Waals surface area contributed by atoms with E-state index in [-0.39, 0.29) is 5.92 Å². The standard InChI is InChI=1S/C16H19NO2/c1-5-9(2)14-8-13(16(18)19)12-7-6-10(3)11(4)15(12)17-14/h6-9H,5H2,1-4H3,(H,18,19). The second-order valence-corrected chi connectivity index (χ2v) is 5.11. The van der Waals surface area contributed by atoms with Gasteiger partial charge in [0.25, 0.3) is 0 Å². The van der Waals surface area contributed by atoms with E-state index in [1.165, 1.54) is 0 Å². The normalized spacial score (nSPS) is 12.6. The average Bonchev–Trinajstić information content (AvgIpc) is 2.40. The summed E-state index contributed by atoms with van der Waals surface area (Å²) in [5.41, 5.74) is 4.22. The van der Waals surface area contributed by atoms with Crippen LogP contribution in [-0.4, -0.2) is 16.1 Å². The van der Waals surface area contributed by atoms with Crippen LogP contribution in [0.25, 0.3) is 10.9 Å². The van der Waals surface area contributed by atoms with Crippen molar-refractivity contribution in [3.63, 3.8) is 0 Å². The number of aryl methyl sites for hydroxylation is 2. The largest absolute Gasteiger partial charge is 0.478 e. The van der Waals surface area contributed by atoms with Gasteiger partial charge in [0, 0.05) is 11.1 Å². The van der Waals surface area contributed by atoms with E-state index in [4.69, 9.17) is 0 Å². The van der Waals surface area contributed by atoms with Crippen LogP contribution in [-0.2, 0) is 0 Å². The van der Waals surface area contributed by atoms with Gasteiger partial charge in [-0.2, -0.15) is 0 Å². The van der Waals surface area contributed by atoms with Crippen LogP contribution in [0.15, 0.2) is 18.2 Å². The van der Waals surface area contributed by atoms with Crippen LogP contribution in [0.1, 0.15) is 53.4 Å². The number of fused-ring (bicyclic) bond motifs is 1. The van der Waals surface area contributed by atoms with Gasteiger partial charge in [0.2, 0.25) is 0 Å². The van der Waals surface area contributed by atoms with E-state index in [9.17, 15) is 9.90 Å². The number of benzene rings is 1. The molecule has 3 heteroatoms. The number of rotatable bonds is 3. The van der Waals surface area contributed by atoms with Crippen molar-refractivity contribution in [3.05, 3.63) is 40.6 Å². The Balaban J connectivity index is 2.84. The first kappa shape index (κ1) is 13.5. The molecule has 0 amide bonds. The molecule has 1 aromatic carbocycles. The third kappa shape index (κ3) is 2.33. The first-order chi connectivity index (χ1) is 8.95. The Morgan fingerprint density at radius 2 is 2.05 bits per heavy atom. The minimum absolute atomic E-state index is 0.266. The molecule has 0 radical (unpaired) electrons. The fraction of sp³-hybridized carbons (Fsp3) is 0.375. The highest BCUT2D eigenvalue weighted by molar-refractivity contribution is 6.03. The summed E-state index contributed by atoms with van der Waals surface area (Å²) in [6, 6.07) is 5.52. The molecule has 0 saturated heterocycles. The molecule has 1 unspecified atom stereocenters. The number of hydrogen-bond acceptors (Lipinski definition) is 2. The van der Waals surface area contributed by atoms with E-state index >= 15 is 0 Å².